The minimum Gasteiger partial charge on any atom is -0.408 e. The van der Waals surface area contributed by atoms with E-state index in [4.69, 9.17) is 4.42 Å². The fourth-order valence-electron chi connectivity index (χ4n) is 5.96. The van der Waals surface area contributed by atoms with Crippen molar-refractivity contribution in [2.45, 2.75) is 84.0 Å². The standard InChI is InChI=1S/C28H41N3O4/c1-3-16-30(17-8-5-11-22-12-13-23-24(20-22)35-27(34)29(23)2)18-9-10-19-31-25(32)21-28(26(31)33)14-6-4-7-15-28/h12-13,20H,3-11,14-19,21H2,1-2H3. The molecule has 2 fully saturated rings. The van der Waals surface area contributed by atoms with Gasteiger partial charge in [0.05, 0.1) is 10.9 Å². The number of benzene rings is 1. The predicted octanol–water partition coefficient (Wildman–Crippen LogP) is 4.66. The number of aryl methyl sites for hydroxylation is 2. The molecule has 35 heavy (non-hydrogen) atoms. The topological polar surface area (TPSA) is 75.8 Å². The number of oxazole rings is 1. The summed E-state index contributed by atoms with van der Waals surface area (Å²) >= 11 is 0. The van der Waals surface area contributed by atoms with E-state index in [9.17, 15) is 14.4 Å². The molecule has 7 nitrogen and oxygen atoms in total. The summed E-state index contributed by atoms with van der Waals surface area (Å²) < 4.78 is 6.84. The molecule has 1 saturated carbocycles. The minimum absolute atomic E-state index is 0.0512. The maximum atomic E-state index is 13.0. The van der Waals surface area contributed by atoms with E-state index in [0.717, 1.165) is 89.4 Å². The Balaban J connectivity index is 1.17. The van der Waals surface area contributed by atoms with Crippen LogP contribution in [0.15, 0.2) is 27.4 Å². The van der Waals surface area contributed by atoms with Gasteiger partial charge in [0.1, 0.15) is 0 Å². The first-order chi connectivity index (χ1) is 16.9. The average molecular weight is 484 g/mol. The first-order valence-corrected chi connectivity index (χ1v) is 13.6. The van der Waals surface area contributed by atoms with Crippen LogP contribution in [0, 0.1) is 5.41 Å². The van der Waals surface area contributed by atoms with Crippen molar-refractivity contribution < 1.29 is 14.0 Å². The zero-order valence-corrected chi connectivity index (χ0v) is 21.5. The summed E-state index contributed by atoms with van der Waals surface area (Å²) in [7, 11) is 1.73. The molecule has 0 bridgehead atoms. The first kappa shape index (κ1) is 25.7. The van der Waals surface area contributed by atoms with E-state index in [-0.39, 0.29) is 23.0 Å². The third kappa shape index (κ3) is 5.88. The van der Waals surface area contributed by atoms with E-state index in [1.165, 1.54) is 16.6 Å². The molecule has 1 spiro atoms. The van der Waals surface area contributed by atoms with Crippen LogP contribution in [0.25, 0.3) is 11.1 Å². The Morgan fingerprint density at radius 3 is 2.46 bits per heavy atom. The van der Waals surface area contributed by atoms with E-state index in [2.05, 4.69) is 17.9 Å². The molecular formula is C28H41N3O4. The summed E-state index contributed by atoms with van der Waals surface area (Å²) in [4.78, 5) is 41.3. The van der Waals surface area contributed by atoms with Crippen LogP contribution in [0.4, 0.5) is 0 Å². The highest BCUT2D eigenvalue weighted by Gasteiger charge is 2.51. The molecule has 2 amide bonds. The van der Waals surface area contributed by atoms with E-state index < -0.39 is 0 Å². The molecule has 1 aromatic carbocycles. The molecule has 1 saturated heterocycles. The van der Waals surface area contributed by atoms with Gasteiger partial charge in [-0.15, -0.1) is 0 Å². The fourth-order valence-corrected chi connectivity index (χ4v) is 5.96. The lowest BCUT2D eigenvalue weighted by atomic mass is 9.73. The minimum atomic E-state index is -0.361. The molecular weight excluding hydrogens is 442 g/mol. The molecule has 1 aliphatic heterocycles. The molecule has 0 unspecified atom stereocenters. The highest BCUT2D eigenvalue weighted by Crippen LogP contribution is 2.45. The molecule has 7 heteroatoms. The maximum Gasteiger partial charge on any atom is 0.419 e. The predicted molar refractivity (Wildman–Crippen MR) is 137 cm³/mol. The molecule has 2 aliphatic rings. The molecule has 1 aromatic heterocycles. The van der Waals surface area contributed by atoms with E-state index in [0.29, 0.717) is 18.5 Å². The summed E-state index contributed by atoms with van der Waals surface area (Å²) in [6.07, 6.45) is 11.8. The second-order valence-corrected chi connectivity index (χ2v) is 10.6. The third-order valence-electron chi connectivity index (χ3n) is 7.99. The normalized spacial score (nSPS) is 18.0. The smallest absolute Gasteiger partial charge is 0.408 e. The fraction of sp³-hybridized carbons (Fsp3) is 0.679. The van der Waals surface area contributed by atoms with Crippen LogP contribution in [0.1, 0.15) is 83.1 Å². The van der Waals surface area contributed by atoms with Gasteiger partial charge >= 0.3 is 5.76 Å². The summed E-state index contributed by atoms with van der Waals surface area (Å²) in [5.74, 6) is -0.157. The SMILES string of the molecule is CCCN(CCCCc1ccc2c(c1)oc(=O)n2C)CCCCN1C(=O)CC2(CCCCC2)C1=O. The molecule has 4 rings (SSSR count). The summed E-state index contributed by atoms with van der Waals surface area (Å²) in [6.45, 7) is 5.93. The van der Waals surface area contributed by atoms with E-state index >= 15 is 0 Å². The largest absolute Gasteiger partial charge is 0.419 e. The number of hydrogen-bond donors (Lipinski definition) is 0. The number of carbonyl (C=O) groups excluding carboxylic acids is 2. The van der Waals surface area contributed by atoms with Gasteiger partial charge in [-0.2, -0.15) is 0 Å². The van der Waals surface area contributed by atoms with Gasteiger partial charge in [-0.05, 0) is 88.7 Å². The number of aromatic nitrogens is 1. The molecule has 2 heterocycles. The van der Waals surface area contributed by atoms with Crippen LogP contribution < -0.4 is 5.76 Å². The number of hydrogen-bond acceptors (Lipinski definition) is 5. The molecule has 192 valence electrons. The number of unbranched alkanes of at least 4 members (excludes halogenated alkanes) is 2. The van der Waals surface area contributed by atoms with Gasteiger partial charge in [-0.25, -0.2) is 4.79 Å². The van der Waals surface area contributed by atoms with E-state index in [1.54, 1.807) is 11.9 Å². The zero-order chi connectivity index (χ0) is 24.8. The second kappa shape index (κ2) is 11.5. The monoisotopic (exact) mass is 483 g/mol. The quantitative estimate of drug-likeness (QED) is 0.324. The van der Waals surface area contributed by atoms with Gasteiger partial charge in [-0.1, -0.05) is 32.3 Å². The van der Waals surface area contributed by atoms with Crippen LogP contribution in [0.3, 0.4) is 0 Å². The van der Waals surface area contributed by atoms with Crippen molar-refractivity contribution in [2.24, 2.45) is 12.5 Å². The highest BCUT2D eigenvalue weighted by atomic mass is 16.4. The Hall–Kier alpha value is -2.41. The summed E-state index contributed by atoms with van der Waals surface area (Å²) in [5, 5.41) is 0. The van der Waals surface area contributed by atoms with Gasteiger partial charge in [0.2, 0.25) is 11.8 Å². The molecule has 1 aliphatic carbocycles. The third-order valence-corrected chi connectivity index (χ3v) is 7.99. The number of rotatable bonds is 12. The van der Waals surface area contributed by atoms with Crippen molar-refractivity contribution in [3.8, 4) is 0 Å². The van der Waals surface area contributed by atoms with Crippen molar-refractivity contribution in [3.05, 3.63) is 34.3 Å². The second-order valence-electron chi connectivity index (χ2n) is 10.6. The lowest BCUT2D eigenvalue weighted by Gasteiger charge is -2.30. The molecule has 0 N–H and O–H groups in total. The lowest BCUT2D eigenvalue weighted by Crippen LogP contribution is -2.37. The average Bonchev–Trinajstić information content (AvgIpc) is 3.25. The summed E-state index contributed by atoms with van der Waals surface area (Å²) in [6, 6.07) is 6.03. The number of fused-ring (bicyclic) bond motifs is 1. The van der Waals surface area contributed by atoms with Gasteiger partial charge in [0, 0.05) is 20.0 Å². The number of carbonyl (C=O) groups is 2. The Labute approximate surface area is 208 Å². The van der Waals surface area contributed by atoms with Gasteiger partial charge in [0.25, 0.3) is 0 Å². The molecule has 0 radical (unpaired) electrons. The van der Waals surface area contributed by atoms with Crippen molar-refractivity contribution in [1.29, 1.82) is 0 Å². The van der Waals surface area contributed by atoms with Crippen LogP contribution in [0.5, 0.6) is 0 Å². The lowest BCUT2D eigenvalue weighted by molar-refractivity contribution is -0.142. The maximum absolute atomic E-state index is 13.0. The number of likely N-dealkylation sites (tertiary alicyclic amines) is 1. The Kier molecular flexibility index (Phi) is 8.47. The van der Waals surface area contributed by atoms with Gasteiger partial charge in [0.15, 0.2) is 5.58 Å². The number of nitrogens with zero attached hydrogens (tertiary/aromatic N) is 3. The molecule has 0 atom stereocenters. The van der Waals surface area contributed by atoms with Gasteiger partial charge < -0.3 is 9.32 Å². The van der Waals surface area contributed by atoms with Crippen molar-refractivity contribution in [1.82, 2.24) is 14.4 Å². The van der Waals surface area contributed by atoms with Crippen LogP contribution in [0.2, 0.25) is 0 Å². The number of imide groups is 1. The van der Waals surface area contributed by atoms with E-state index in [1.807, 2.05) is 12.1 Å². The Bertz CT molecular complexity index is 1080. The van der Waals surface area contributed by atoms with Crippen LogP contribution in [-0.2, 0) is 23.1 Å². The van der Waals surface area contributed by atoms with Crippen molar-refractivity contribution in [3.63, 3.8) is 0 Å². The van der Waals surface area contributed by atoms with Crippen molar-refractivity contribution >= 4 is 22.9 Å². The Morgan fingerprint density at radius 2 is 1.71 bits per heavy atom. The van der Waals surface area contributed by atoms with Crippen LogP contribution in [-0.4, -0.2) is 52.4 Å². The van der Waals surface area contributed by atoms with Crippen molar-refractivity contribution in [2.75, 3.05) is 26.2 Å². The Morgan fingerprint density at radius 1 is 0.971 bits per heavy atom. The van der Waals surface area contributed by atoms with Crippen LogP contribution >= 0.6 is 0 Å². The zero-order valence-electron chi connectivity index (χ0n) is 21.5. The highest BCUT2D eigenvalue weighted by molar-refractivity contribution is 6.05. The molecule has 2 aromatic rings. The number of amides is 2. The van der Waals surface area contributed by atoms with Gasteiger partial charge in [-0.3, -0.25) is 19.1 Å². The first-order valence-electron chi connectivity index (χ1n) is 13.6. The summed E-state index contributed by atoms with van der Waals surface area (Å²) in [5.41, 5.74) is 2.33.